The Hall–Kier alpha value is -0.800. The molecular weight excluding hydrogens is 202 g/mol. The van der Waals surface area contributed by atoms with Crippen LogP contribution in [0.2, 0.25) is 0 Å². The molecule has 90 valence electrons. The molecule has 3 nitrogen and oxygen atoms in total. The summed E-state index contributed by atoms with van der Waals surface area (Å²) in [5.74, 6) is 1.75. The summed E-state index contributed by atoms with van der Waals surface area (Å²) in [6, 6.07) is 4.12. The number of nitrogens with two attached hydrogens (primary N) is 1. The summed E-state index contributed by atoms with van der Waals surface area (Å²) in [6.07, 6.45) is 6.49. The van der Waals surface area contributed by atoms with E-state index in [1.54, 1.807) is 6.26 Å². The van der Waals surface area contributed by atoms with E-state index in [0.29, 0.717) is 6.10 Å². The fraction of sp³-hybridized carbons (Fsp3) is 0.692. The van der Waals surface area contributed by atoms with Gasteiger partial charge in [-0.1, -0.05) is 0 Å². The van der Waals surface area contributed by atoms with Crippen molar-refractivity contribution in [2.75, 3.05) is 6.61 Å². The second kappa shape index (κ2) is 5.51. The molecule has 2 rings (SSSR count). The molecule has 2 N–H and O–H groups in total. The molecule has 1 unspecified atom stereocenters. The molecule has 0 bridgehead atoms. The number of rotatable bonds is 6. The number of furan rings is 1. The number of hydrogen-bond donors (Lipinski definition) is 1. The van der Waals surface area contributed by atoms with Gasteiger partial charge in [0.25, 0.3) is 0 Å². The van der Waals surface area contributed by atoms with E-state index in [4.69, 9.17) is 14.9 Å². The normalized spacial score (nSPS) is 26.4. The minimum Gasteiger partial charge on any atom is -0.469 e. The monoisotopic (exact) mass is 223 g/mol. The Morgan fingerprint density at radius 1 is 1.56 bits per heavy atom. The highest BCUT2D eigenvalue weighted by Gasteiger charge is 2.30. The summed E-state index contributed by atoms with van der Waals surface area (Å²) in [5, 5.41) is 0. The molecule has 16 heavy (non-hydrogen) atoms. The van der Waals surface area contributed by atoms with Crippen molar-refractivity contribution in [2.45, 2.75) is 44.8 Å². The molecule has 1 saturated carbocycles. The van der Waals surface area contributed by atoms with Crippen molar-refractivity contribution in [1.82, 2.24) is 0 Å². The summed E-state index contributed by atoms with van der Waals surface area (Å²) in [6.45, 7) is 2.88. The highest BCUT2D eigenvalue weighted by Crippen LogP contribution is 2.33. The molecule has 1 atom stereocenters. The van der Waals surface area contributed by atoms with Gasteiger partial charge in [0, 0.05) is 19.1 Å². The van der Waals surface area contributed by atoms with Crippen molar-refractivity contribution >= 4 is 0 Å². The fourth-order valence-electron chi connectivity index (χ4n) is 2.44. The second-order valence-corrected chi connectivity index (χ2v) is 4.69. The molecule has 3 heteroatoms. The van der Waals surface area contributed by atoms with Gasteiger partial charge in [0.2, 0.25) is 0 Å². The predicted molar refractivity (Wildman–Crippen MR) is 63.1 cm³/mol. The van der Waals surface area contributed by atoms with E-state index >= 15 is 0 Å². The summed E-state index contributed by atoms with van der Waals surface area (Å²) in [7, 11) is 0. The van der Waals surface area contributed by atoms with Crippen molar-refractivity contribution in [3.05, 3.63) is 24.2 Å². The minimum absolute atomic E-state index is 0.221. The lowest BCUT2D eigenvalue weighted by molar-refractivity contribution is -0.0281. The van der Waals surface area contributed by atoms with Gasteiger partial charge in [-0.15, -0.1) is 0 Å². The van der Waals surface area contributed by atoms with E-state index in [9.17, 15) is 0 Å². The van der Waals surface area contributed by atoms with Crippen LogP contribution in [0.25, 0.3) is 0 Å². The predicted octanol–water partition coefficient (Wildman–Crippen LogP) is 2.35. The van der Waals surface area contributed by atoms with Crippen molar-refractivity contribution in [2.24, 2.45) is 11.7 Å². The number of ether oxygens (including phenoxy) is 1. The van der Waals surface area contributed by atoms with Crippen LogP contribution in [0.3, 0.4) is 0 Å². The van der Waals surface area contributed by atoms with E-state index in [0.717, 1.165) is 31.1 Å². The smallest absolute Gasteiger partial charge is 0.105 e. The third-order valence-corrected chi connectivity index (χ3v) is 3.27. The third-order valence-electron chi connectivity index (χ3n) is 3.27. The van der Waals surface area contributed by atoms with Crippen LogP contribution in [-0.4, -0.2) is 18.8 Å². The molecule has 1 aromatic rings. The quantitative estimate of drug-likeness (QED) is 0.805. The maximum absolute atomic E-state index is 6.09. The van der Waals surface area contributed by atoms with Crippen LogP contribution in [0.15, 0.2) is 22.8 Å². The molecule has 1 heterocycles. The van der Waals surface area contributed by atoms with E-state index in [-0.39, 0.29) is 6.04 Å². The summed E-state index contributed by atoms with van der Waals surface area (Å²) >= 11 is 0. The minimum atomic E-state index is 0.221. The van der Waals surface area contributed by atoms with Gasteiger partial charge in [0.1, 0.15) is 5.76 Å². The van der Waals surface area contributed by atoms with Crippen molar-refractivity contribution in [1.29, 1.82) is 0 Å². The molecule has 0 spiro atoms. The highest BCUT2D eigenvalue weighted by atomic mass is 16.5. The van der Waals surface area contributed by atoms with Crippen LogP contribution in [0.1, 0.15) is 31.9 Å². The lowest BCUT2D eigenvalue weighted by atomic mass is 9.78. The first kappa shape index (κ1) is 11.7. The van der Waals surface area contributed by atoms with Gasteiger partial charge in [-0.3, -0.25) is 0 Å². The van der Waals surface area contributed by atoms with E-state index in [1.807, 2.05) is 12.1 Å². The first-order valence-electron chi connectivity index (χ1n) is 6.17. The Balaban J connectivity index is 1.64. The van der Waals surface area contributed by atoms with Gasteiger partial charge >= 0.3 is 0 Å². The second-order valence-electron chi connectivity index (χ2n) is 4.69. The van der Waals surface area contributed by atoms with Crippen LogP contribution in [0, 0.1) is 5.92 Å². The maximum Gasteiger partial charge on any atom is 0.105 e. The molecular formula is C13H21NO2. The van der Waals surface area contributed by atoms with Crippen LogP contribution in [0.5, 0.6) is 0 Å². The van der Waals surface area contributed by atoms with Gasteiger partial charge in [-0.05, 0) is 44.2 Å². The Bertz CT molecular complexity index is 291. The van der Waals surface area contributed by atoms with E-state index in [2.05, 4.69) is 6.92 Å². The first-order chi connectivity index (χ1) is 7.78. The summed E-state index contributed by atoms with van der Waals surface area (Å²) < 4.78 is 10.8. The average molecular weight is 223 g/mol. The SMILES string of the molecule is CCOC1CC(CC(N)Cc2ccco2)C1. The molecule has 0 radical (unpaired) electrons. The van der Waals surface area contributed by atoms with Crippen LogP contribution >= 0.6 is 0 Å². The Kier molecular flexibility index (Phi) is 4.02. The van der Waals surface area contributed by atoms with E-state index in [1.165, 1.54) is 12.8 Å². The molecule has 1 aliphatic rings. The molecule has 1 fully saturated rings. The highest BCUT2D eigenvalue weighted by molar-refractivity contribution is 5.00. The van der Waals surface area contributed by atoms with Crippen molar-refractivity contribution < 1.29 is 9.15 Å². The summed E-state index contributed by atoms with van der Waals surface area (Å²) in [4.78, 5) is 0. The zero-order chi connectivity index (χ0) is 11.4. The lowest BCUT2D eigenvalue weighted by Gasteiger charge is -2.36. The zero-order valence-electron chi connectivity index (χ0n) is 9.89. The standard InChI is InChI=1S/C13H21NO2/c1-2-15-13-7-10(8-13)6-11(14)9-12-4-3-5-16-12/h3-5,10-11,13H,2,6-9,14H2,1H3. The van der Waals surface area contributed by atoms with Crippen LogP contribution in [0.4, 0.5) is 0 Å². The first-order valence-corrected chi connectivity index (χ1v) is 6.17. The Labute approximate surface area is 97.0 Å². The molecule has 0 saturated heterocycles. The topological polar surface area (TPSA) is 48.4 Å². The molecule has 0 amide bonds. The van der Waals surface area contributed by atoms with Gasteiger partial charge in [0.15, 0.2) is 0 Å². The van der Waals surface area contributed by atoms with Crippen molar-refractivity contribution in [3.63, 3.8) is 0 Å². The largest absolute Gasteiger partial charge is 0.469 e. The van der Waals surface area contributed by atoms with E-state index < -0.39 is 0 Å². The maximum atomic E-state index is 6.09. The number of hydrogen-bond acceptors (Lipinski definition) is 3. The van der Waals surface area contributed by atoms with Gasteiger partial charge < -0.3 is 14.9 Å². The average Bonchev–Trinajstić information content (AvgIpc) is 2.67. The summed E-state index contributed by atoms with van der Waals surface area (Å²) in [5.41, 5.74) is 6.09. The Morgan fingerprint density at radius 2 is 2.38 bits per heavy atom. The molecule has 1 aliphatic carbocycles. The third kappa shape index (κ3) is 3.09. The van der Waals surface area contributed by atoms with Crippen LogP contribution < -0.4 is 5.73 Å². The zero-order valence-corrected chi connectivity index (χ0v) is 9.89. The molecule has 1 aromatic heterocycles. The van der Waals surface area contributed by atoms with Gasteiger partial charge in [-0.25, -0.2) is 0 Å². The van der Waals surface area contributed by atoms with Gasteiger partial charge in [-0.2, -0.15) is 0 Å². The molecule has 0 aliphatic heterocycles. The van der Waals surface area contributed by atoms with Gasteiger partial charge in [0.05, 0.1) is 12.4 Å². The molecule has 0 aromatic carbocycles. The Morgan fingerprint density at radius 3 is 3.00 bits per heavy atom. The van der Waals surface area contributed by atoms with Crippen LogP contribution in [-0.2, 0) is 11.2 Å². The fourth-order valence-corrected chi connectivity index (χ4v) is 2.44. The lowest BCUT2D eigenvalue weighted by Crippen LogP contribution is -2.36. The van der Waals surface area contributed by atoms with Crippen molar-refractivity contribution in [3.8, 4) is 0 Å².